The number of hydrogen-bond donors (Lipinski definition) is 0. The molecule has 0 amide bonds. The van der Waals surface area contributed by atoms with Crippen molar-refractivity contribution in [2.24, 2.45) is 0 Å². The first-order chi connectivity index (χ1) is 24.5. The summed E-state index contributed by atoms with van der Waals surface area (Å²) in [6.45, 7) is 4.71. The van der Waals surface area contributed by atoms with Crippen molar-refractivity contribution < 1.29 is 0 Å². The molecule has 7 aromatic rings. The first-order valence-electron chi connectivity index (χ1n) is 18.1. The Labute approximate surface area is 296 Å². The third-order valence-corrected chi connectivity index (χ3v) is 11.1. The summed E-state index contributed by atoms with van der Waals surface area (Å²) in [6, 6.07) is 60.7. The topological polar surface area (TPSA) is 3.24 Å². The fourth-order valence-electron chi connectivity index (χ4n) is 8.28. The molecule has 0 spiro atoms. The molecular weight excluding hydrogens is 603 g/mol. The van der Waals surface area contributed by atoms with Crippen LogP contribution in [0.1, 0.15) is 48.9 Å². The molecule has 0 radical (unpaired) electrons. The summed E-state index contributed by atoms with van der Waals surface area (Å²) in [5, 5.41) is 0. The van der Waals surface area contributed by atoms with Crippen LogP contribution in [-0.2, 0) is 18.3 Å². The van der Waals surface area contributed by atoms with Gasteiger partial charge in [0.05, 0.1) is 0 Å². The van der Waals surface area contributed by atoms with Crippen LogP contribution in [0.4, 0.5) is 17.1 Å². The SMILES string of the molecule is CC1(C)c2ccccc2-c2ccc(N(c3ccc(-c4ccccc4)cc3)c3ccc(-c4ccc(-c5ccc6c(c5)CCCC6)cc4)cc3)cc21. The molecule has 0 saturated carbocycles. The largest absolute Gasteiger partial charge is 0.310 e. The minimum atomic E-state index is -0.0696. The minimum absolute atomic E-state index is 0.0696. The zero-order valence-corrected chi connectivity index (χ0v) is 28.9. The van der Waals surface area contributed by atoms with E-state index in [1.54, 1.807) is 0 Å². The third-order valence-electron chi connectivity index (χ3n) is 11.1. The van der Waals surface area contributed by atoms with Crippen LogP contribution in [0.5, 0.6) is 0 Å². The van der Waals surface area contributed by atoms with Gasteiger partial charge in [-0.1, -0.05) is 141 Å². The van der Waals surface area contributed by atoms with Crippen molar-refractivity contribution >= 4 is 17.1 Å². The van der Waals surface area contributed by atoms with Crippen molar-refractivity contribution in [3.63, 3.8) is 0 Å². The van der Waals surface area contributed by atoms with E-state index in [0.717, 1.165) is 11.4 Å². The van der Waals surface area contributed by atoms with E-state index in [1.807, 2.05) is 0 Å². The quantitative estimate of drug-likeness (QED) is 0.174. The highest BCUT2D eigenvalue weighted by atomic mass is 15.1. The van der Waals surface area contributed by atoms with Crippen LogP contribution in [0.2, 0.25) is 0 Å². The number of rotatable bonds is 6. The maximum absolute atomic E-state index is 2.41. The molecule has 0 heterocycles. The number of benzene rings is 7. The van der Waals surface area contributed by atoms with Gasteiger partial charge in [0, 0.05) is 22.5 Å². The normalized spacial score (nSPS) is 14.0. The summed E-state index contributed by atoms with van der Waals surface area (Å²) < 4.78 is 0. The summed E-state index contributed by atoms with van der Waals surface area (Å²) in [7, 11) is 0. The van der Waals surface area contributed by atoms with Crippen molar-refractivity contribution in [2.45, 2.75) is 44.9 Å². The Bertz CT molecular complexity index is 2310. The molecule has 0 aromatic heterocycles. The Morgan fingerprint density at radius 3 is 1.52 bits per heavy atom. The zero-order chi connectivity index (χ0) is 33.7. The standard InChI is InChI=1S/C49H41N/c1-49(2)47-15-9-8-14-45(47)46-31-30-44(33-48(46)49)50(42-26-22-37(23-27-42)34-10-4-3-5-11-34)43-28-24-38(25-29-43)36-16-18-39(19-17-36)41-21-20-35-12-6-7-13-40(35)32-41/h3-5,8-11,14-33H,6-7,12-13H2,1-2H3. The highest BCUT2D eigenvalue weighted by Gasteiger charge is 2.35. The smallest absolute Gasteiger partial charge is 0.0465 e. The second kappa shape index (κ2) is 12.3. The van der Waals surface area contributed by atoms with Gasteiger partial charge in [-0.2, -0.15) is 0 Å². The monoisotopic (exact) mass is 643 g/mol. The van der Waals surface area contributed by atoms with E-state index in [1.165, 1.54) is 98.1 Å². The second-order valence-electron chi connectivity index (χ2n) is 14.5. The first kappa shape index (κ1) is 30.4. The van der Waals surface area contributed by atoms with Gasteiger partial charge in [-0.3, -0.25) is 0 Å². The zero-order valence-electron chi connectivity index (χ0n) is 28.9. The molecule has 9 rings (SSSR count). The predicted octanol–water partition coefficient (Wildman–Crippen LogP) is 13.3. The maximum Gasteiger partial charge on any atom is 0.0465 e. The minimum Gasteiger partial charge on any atom is -0.310 e. The highest BCUT2D eigenvalue weighted by molar-refractivity contribution is 5.86. The molecule has 2 aliphatic rings. The van der Waals surface area contributed by atoms with Gasteiger partial charge in [0.2, 0.25) is 0 Å². The number of nitrogens with zero attached hydrogens (tertiary/aromatic N) is 1. The number of anilines is 3. The Morgan fingerprint density at radius 1 is 0.380 bits per heavy atom. The average Bonchev–Trinajstić information content (AvgIpc) is 3.41. The summed E-state index contributed by atoms with van der Waals surface area (Å²) in [5.41, 5.74) is 19.4. The summed E-state index contributed by atoms with van der Waals surface area (Å²) in [4.78, 5) is 2.40. The average molecular weight is 644 g/mol. The van der Waals surface area contributed by atoms with E-state index in [2.05, 4.69) is 183 Å². The van der Waals surface area contributed by atoms with Crippen molar-refractivity contribution in [2.75, 3.05) is 4.90 Å². The van der Waals surface area contributed by atoms with Gasteiger partial charge in [0.1, 0.15) is 0 Å². The maximum atomic E-state index is 2.41. The van der Waals surface area contributed by atoms with Gasteiger partial charge in [0.25, 0.3) is 0 Å². The van der Waals surface area contributed by atoms with E-state index < -0.39 is 0 Å². The lowest BCUT2D eigenvalue weighted by Gasteiger charge is -2.28. The fraction of sp³-hybridized carbons (Fsp3) is 0.143. The molecule has 242 valence electrons. The van der Waals surface area contributed by atoms with Crippen LogP contribution in [0.25, 0.3) is 44.5 Å². The summed E-state index contributed by atoms with van der Waals surface area (Å²) >= 11 is 0. The van der Waals surface area contributed by atoms with E-state index in [9.17, 15) is 0 Å². The van der Waals surface area contributed by atoms with E-state index in [0.29, 0.717) is 0 Å². The Morgan fingerprint density at radius 2 is 0.860 bits per heavy atom. The van der Waals surface area contributed by atoms with E-state index in [-0.39, 0.29) is 5.41 Å². The van der Waals surface area contributed by atoms with Gasteiger partial charge in [-0.25, -0.2) is 0 Å². The van der Waals surface area contributed by atoms with Crippen LogP contribution in [0.15, 0.2) is 164 Å². The fourth-order valence-corrected chi connectivity index (χ4v) is 8.28. The van der Waals surface area contributed by atoms with Gasteiger partial charge in [0.15, 0.2) is 0 Å². The molecule has 0 N–H and O–H groups in total. The van der Waals surface area contributed by atoms with Gasteiger partial charge in [-0.15, -0.1) is 0 Å². The van der Waals surface area contributed by atoms with E-state index in [4.69, 9.17) is 0 Å². The Hall–Kier alpha value is -5.66. The van der Waals surface area contributed by atoms with Gasteiger partial charge >= 0.3 is 0 Å². The summed E-state index contributed by atoms with van der Waals surface area (Å²) in [5.74, 6) is 0. The molecule has 0 atom stereocenters. The lowest BCUT2D eigenvalue weighted by atomic mass is 9.82. The summed E-state index contributed by atoms with van der Waals surface area (Å²) in [6.07, 6.45) is 5.05. The lowest BCUT2D eigenvalue weighted by Crippen LogP contribution is -2.16. The van der Waals surface area contributed by atoms with Gasteiger partial charge in [-0.05, 0) is 129 Å². The molecule has 0 unspecified atom stereocenters. The molecule has 1 nitrogen and oxygen atoms in total. The van der Waals surface area contributed by atoms with Crippen molar-refractivity contribution in [3.05, 3.63) is 186 Å². The van der Waals surface area contributed by atoms with E-state index >= 15 is 0 Å². The van der Waals surface area contributed by atoms with Crippen LogP contribution in [0.3, 0.4) is 0 Å². The van der Waals surface area contributed by atoms with Crippen LogP contribution in [0, 0.1) is 0 Å². The Balaban J connectivity index is 1.06. The van der Waals surface area contributed by atoms with Gasteiger partial charge < -0.3 is 4.90 Å². The molecule has 0 aliphatic heterocycles. The number of aryl methyl sites for hydroxylation is 2. The molecule has 7 aromatic carbocycles. The van der Waals surface area contributed by atoms with Crippen molar-refractivity contribution in [1.82, 2.24) is 0 Å². The third kappa shape index (κ3) is 5.35. The predicted molar refractivity (Wildman–Crippen MR) is 212 cm³/mol. The lowest BCUT2D eigenvalue weighted by molar-refractivity contribution is 0.660. The first-order valence-corrected chi connectivity index (χ1v) is 18.1. The van der Waals surface area contributed by atoms with Crippen molar-refractivity contribution in [3.8, 4) is 44.5 Å². The number of fused-ring (bicyclic) bond motifs is 4. The second-order valence-corrected chi connectivity index (χ2v) is 14.5. The molecule has 50 heavy (non-hydrogen) atoms. The van der Waals surface area contributed by atoms with Crippen molar-refractivity contribution in [1.29, 1.82) is 0 Å². The molecule has 0 bridgehead atoms. The Kier molecular flexibility index (Phi) is 7.50. The molecule has 0 saturated heterocycles. The van der Waals surface area contributed by atoms with Crippen LogP contribution < -0.4 is 4.90 Å². The molecule has 1 heteroatoms. The molecular formula is C49H41N. The molecule has 2 aliphatic carbocycles. The van der Waals surface area contributed by atoms with Crippen LogP contribution >= 0.6 is 0 Å². The van der Waals surface area contributed by atoms with Crippen LogP contribution in [-0.4, -0.2) is 0 Å². The number of hydrogen-bond acceptors (Lipinski definition) is 1. The highest BCUT2D eigenvalue weighted by Crippen LogP contribution is 2.50. The molecule has 0 fully saturated rings.